The second kappa shape index (κ2) is 7.90. The highest BCUT2D eigenvalue weighted by molar-refractivity contribution is 7.87. The minimum Gasteiger partial charge on any atom is -0.334 e. The van der Waals surface area contributed by atoms with E-state index < -0.39 is 10.2 Å². The van der Waals surface area contributed by atoms with Crippen LogP contribution in [-0.2, 0) is 10.2 Å². The maximum absolute atomic E-state index is 12.8. The van der Waals surface area contributed by atoms with Crippen LogP contribution >= 0.6 is 0 Å². The van der Waals surface area contributed by atoms with Crippen molar-refractivity contribution in [3.8, 4) is 11.4 Å². The maximum atomic E-state index is 12.8. The van der Waals surface area contributed by atoms with Crippen LogP contribution in [0.4, 0.5) is 0 Å². The maximum Gasteiger partial charge on any atom is 0.274 e. The Kier molecular flexibility index (Phi) is 5.60. The Labute approximate surface area is 152 Å². The Hall–Kier alpha value is -2.36. The van der Waals surface area contributed by atoms with Gasteiger partial charge in [0.15, 0.2) is 0 Å². The Morgan fingerprint density at radius 1 is 1.19 bits per heavy atom. The molecule has 8 nitrogen and oxygen atoms in total. The Balaban J connectivity index is 1.74. The summed E-state index contributed by atoms with van der Waals surface area (Å²) in [5.41, 5.74) is 1.89. The summed E-state index contributed by atoms with van der Waals surface area (Å²) in [7, 11) is -3.78. The van der Waals surface area contributed by atoms with E-state index in [2.05, 4.69) is 14.7 Å². The zero-order valence-electron chi connectivity index (χ0n) is 14.2. The number of likely N-dealkylation sites (tertiary alicyclic amines) is 1. The number of hydrogen-bond acceptors (Lipinski definition) is 5. The van der Waals surface area contributed by atoms with Crippen LogP contribution in [0.5, 0.6) is 0 Å². The predicted molar refractivity (Wildman–Crippen MR) is 97.3 cm³/mol. The van der Waals surface area contributed by atoms with Crippen LogP contribution in [0.3, 0.4) is 0 Å². The molecular weight excluding hydrogens is 354 g/mol. The minimum absolute atomic E-state index is 0.115. The van der Waals surface area contributed by atoms with Crippen molar-refractivity contribution < 1.29 is 13.2 Å². The molecule has 0 radical (unpaired) electrons. The number of hydrogen-bond donors (Lipinski definition) is 2. The van der Waals surface area contributed by atoms with Crippen molar-refractivity contribution in [2.24, 2.45) is 5.14 Å². The van der Waals surface area contributed by atoms with Crippen molar-refractivity contribution in [1.29, 1.82) is 0 Å². The molecule has 0 saturated carbocycles. The van der Waals surface area contributed by atoms with Gasteiger partial charge >= 0.3 is 0 Å². The highest BCUT2D eigenvalue weighted by atomic mass is 32.2. The third-order valence-corrected chi connectivity index (χ3v) is 4.91. The van der Waals surface area contributed by atoms with E-state index >= 15 is 0 Å². The lowest BCUT2D eigenvalue weighted by Crippen LogP contribution is -2.50. The molecule has 1 unspecified atom stereocenters. The van der Waals surface area contributed by atoms with Crippen molar-refractivity contribution >= 4 is 16.1 Å². The number of rotatable bonds is 5. The van der Waals surface area contributed by atoms with Gasteiger partial charge in [0.05, 0.1) is 17.0 Å². The molecule has 3 heterocycles. The summed E-state index contributed by atoms with van der Waals surface area (Å²) in [6, 6.07) is 8.82. The number of nitrogens with one attached hydrogen (secondary N) is 1. The van der Waals surface area contributed by atoms with Gasteiger partial charge in [-0.25, -0.2) is 9.86 Å². The minimum atomic E-state index is -3.78. The fraction of sp³-hybridized carbons (Fsp3) is 0.353. The largest absolute Gasteiger partial charge is 0.334 e. The Morgan fingerprint density at radius 3 is 2.65 bits per heavy atom. The van der Waals surface area contributed by atoms with E-state index in [1.807, 2.05) is 18.2 Å². The standard InChI is InChI=1S/C17H21N5O3S/c18-26(24,25)21-12-14-5-2-4-10-22(14)17(23)13-7-8-16(20-11-13)15-6-1-3-9-19-15/h1,3,6-9,11,14,21H,2,4-5,10,12H2,(H2,18,24,25). The highest BCUT2D eigenvalue weighted by Gasteiger charge is 2.28. The van der Waals surface area contributed by atoms with Gasteiger partial charge in [-0.05, 0) is 43.5 Å². The van der Waals surface area contributed by atoms with E-state index in [0.717, 1.165) is 25.0 Å². The van der Waals surface area contributed by atoms with Gasteiger partial charge in [-0.15, -0.1) is 0 Å². The third kappa shape index (κ3) is 4.63. The molecular formula is C17H21N5O3S. The monoisotopic (exact) mass is 375 g/mol. The molecule has 1 saturated heterocycles. The van der Waals surface area contributed by atoms with Gasteiger partial charge in [0.25, 0.3) is 16.1 Å². The van der Waals surface area contributed by atoms with Gasteiger partial charge < -0.3 is 4.90 Å². The van der Waals surface area contributed by atoms with Crippen LogP contribution < -0.4 is 9.86 Å². The van der Waals surface area contributed by atoms with Gasteiger partial charge in [0.1, 0.15) is 0 Å². The number of amides is 1. The summed E-state index contributed by atoms with van der Waals surface area (Å²) in [6.45, 7) is 0.696. The molecule has 0 aliphatic carbocycles. The fourth-order valence-corrected chi connectivity index (χ4v) is 3.47. The molecule has 0 bridgehead atoms. The van der Waals surface area contributed by atoms with Crippen molar-refractivity contribution in [3.05, 3.63) is 48.3 Å². The number of carbonyl (C=O) groups is 1. The summed E-state index contributed by atoms with van der Waals surface area (Å²) in [4.78, 5) is 23.1. The number of nitrogens with two attached hydrogens (primary N) is 1. The van der Waals surface area contributed by atoms with Gasteiger partial charge in [-0.1, -0.05) is 6.07 Å². The zero-order valence-corrected chi connectivity index (χ0v) is 15.0. The number of aromatic nitrogens is 2. The second-order valence-corrected chi connectivity index (χ2v) is 7.57. The van der Waals surface area contributed by atoms with Crippen LogP contribution in [-0.4, -0.2) is 48.3 Å². The first kappa shape index (κ1) is 18.4. The second-order valence-electron chi connectivity index (χ2n) is 6.19. The van der Waals surface area contributed by atoms with Gasteiger partial charge in [0.2, 0.25) is 0 Å². The molecule has 3 rings (SSSR count). The smallest absolute Gasteiger partial charge is 0.274 e. The van der Waals surface area contributed by atoms with Crippen molar-refractivity contribution in [3.63, 3.8) is 0 Å². The topological polar surface area (TPSA) is 118 Å². The van der Waals surface area contributed by atoms with Crippen LogP contribution in [0.2, 0.25) is 0 Å². The van der Waals surface area contributed by atoms with Crippen LogP contribution in [0.1, 0.15) is 29.6 Å². The molecule has 1 amide bonds. The molecule has 1 atom stereocenters. The zero-order chi connectivity index (χ0) is 18.6. The number of pyridine rings is 2. The number of nitrogens with zero attached hydrogens (tertiary/aromatic N) is 3. The molecule has 0 spiro atoms. The molecule has 1 aliphatic rings. The lowest BCUT2D eigenvalue weighted by Gasteiger charge is -2.35. The quantitative estimate of drug-likeness (QED) is 0.806. The Bertz CT molecular complexity index is 856. The van der Waals surface area contributed by atoms with Crippen molar-refractivity contribution in [1.82, 2.24) is 19.6 Å². The average Bonchev–Trinajstić information content (AvgIpc) is 2.66. The lowest BCUT2D eigenvalue weighted by atomic mass is 10.0. The van der Waals surface area contributed by atoms with Crippen LogP contribution in [0.25, 0.3) is 11.4 Å². The first-order chi connectivity index (χ1) is 12.4. The molecule has 1 fully saturated rings. The molecule has 9 heteroatoms. The molecule has 2 aromatic heterocycles. The molecule has 0 aromatic carbocycles. The molecule has 3 N–H and O–H groups in total. The third-order valence-electron chi connectivity index (χ3n) is 4.35. The highest BCUT2D eigenvalue weighted by Crippen LogP contribution is 2.20. The molecule has 138 valence electrons. The predicted octanol–water partition coefficient (Wildman–Crippen LogP) is 0.931. The summed E-state index contributed by atoms with van der Waals surface area (Å²) in [5.74, 6) is -0.161. The van der Waals surface area contributed by atoms with Crippen molar-refractivity contribution in [2.45, 2.75) is 25.3 Å². The fourth-order valence-electron chi connectivity index (χ4n) is 3.04. The summed E-state index contributed by atoms with van der Waals surface area (Å²) in [5, 5.41) is 5.00. The lowest BCUT2D eigenvalue weighted by molar-refractivity contribution is 0.0618. The van der Waals surface area contributed by atoms with E-state index in [0.29, 0.717) is 17.8 Å². The average molecular weight is 375 g/mol. The van der Waals surface area contributed by atoms with Gasteiger partial charge in [-0.3, -0.25) is 14.8 Å². The summed E-state index contributed by atoms with van der Waals surface area (Å²) < 4.78 is 24.6. The summed E-state index contributed by atoms with van der Waals surface area (Å²) >= 11 is 0. The van der Waals surface area contributed by atoms with Gasteiger partial charge in [-0.2, -0.15) is 8.42 Å². The molecule has 1 aliphatic heterocycles. The van der Waals surface area contributed by atoms with Crippen LogP contribution in [0.15, 0.2) is 42.7 Å². The normalized spacial score (nSPS) is 17.9. The van der Waals surface area contributed by atoms with E-state index in [4.69, 9.17) is 5.14 Å². The van der Waals surface area contributed by atoms with Gasteiger partial charge in [0, 0.05) is 31.5 Å². The SMILES string of the molecule is NS(=O)(=O)NCC1CCCCN1C(=O)c1ccc(-c2ccccn2)nc1. The van der Waals surface area contributed by atoms with Crippen LogP contribution in [0, 0.1) is 0 Å². The van der Waals surface area contributed by atoms with E-state index in [9.17, 15) is 13.2 Å². The number of carbonyl (C=O) groups excluding carboxylic acids is 1. The van der Waals surface area contributed by atoms with E-state index in [-0.39, 0.29) is 18.5 Å². The molecule has 26 heavy (non-hydrogen) atoms. The summed E-state index contributed by atoms with van der Waals surface area (Å²) in [6.07, 6.45) is 5.78. The van der Waals surface area contributed by atoms with E-state index in [1.54, 1.807) is 23.2 Å². The molecule has 2 aromatic rings. The Morgan fingerprint density at radius 2 is 2.00 bits per heavy atom. The first-order valence-electron chi connectivity index (χ1n) is 8.40. The van der Waals surface area contributed by atoms with Crippen molar-refractivity contribution in [2.75, 3.05) is 13.1 Å². The number of piperidine rings is 1. The first-order valence-corrected chi connectivity index (χ1v) is 9.94. The van der Waals surface area contributed by atoms with E-state index in [1.165, 1.54) is 6.20 Å².